The van der Waals surface area contributed by atoms with Crippen molar-refractivity contribution in [1.82, 2.24) is 10.6 Å². The maximum absolute atomic E-state index is 12.5. The molecule has 6 nitrogen and oxygen atoms in total. The van der Waals surface area contributed by atoms with Crippen molar-refractivity contribution in [2.24, 2.45) is 23.2 Å². The van der Waals surface area contributed by atoms with Crippen LogP contribution < -0.4 is 10.6 Å². The van der Waals surface area contributed by atoms with E-state index in [1.54, 1.807) is 0 Å². The van der Waals surface area contributed by atoms with Gasteiger partial charge in [-0.25, -0.2) is 0 Å². The molecule has 4 aliphatic rings. The SMILES string of the molecule is CC(NC(=O)/C(C#N)=C\NCCCC(=O)O)C12CC3CC(CC(C3)C1)C2. The van der Waals surface area contributed by atoms with Gasteiger partial charge in [0, 0.05) is 25.2 Å². The monoisotopic (exact) mass is 359 g/mol. The van der Waals surface area contributed by atoms with E-state index in [0.29, 0.717) is 13.0 Å². The Hall–Kier alpha value is -2.03. The summed E-state index contributed by atoms with van der Waals surface area (Å²) in [5.41, 5.74) is 0.261. The fraction of sp³-hybridized carbons (Fsp3) is 0.750. The zero-order valence-electron chi connectivity index (χ0n) is 15.5. The number of carboxylic acids is 1. The Balaban J connectivity index is 1.54. The minimum absolute atomic E-state index is 0.0527. The highest BCUT2D eigenvalue weighted by Gasteiger charge is 2.53. The largest absolute Gasteiger partial charge is 0.481 e. The summed E-state index contributed by atoms with van der Waals surface area (Å²) in [5.74, 6) is 1.28. The van der Waals surface area contributed by atoms with Gasteiger partial charge in [-0.3, -0.25) is 9.59 Å². The molecule has 0 aliphatic heterocycles. The molecule has 0 aromatic heterocycles. The number of nitrogens with zero attached hydrogens (tertiary/aromatic N) is 1. The maximum atomic E-state index is 12.5. The van der Waals surface area contributed by atoms with Crippen molar-refractivity contribution in [3.63, 3.8) is 0 Å². The number of nitriles is 1. The molecule has 26 heavy (non-hydrogen) atoms. The van der Waals surface area contributed by atoms with Gasteiger partial charge in [0.15, 0.2) is 0 Å². The fourth-order valence-electron chi connectivity index (χ4n) is 5.80. The van der Waals surface area contributed by atoms with E-state index in [0.717, 1.165) is 17.8 Å². The number of hydrogen-bond acceptors (Lipinski definition) is 4. The van der Waals surface area contributed by atoms with Crippen molar-refractivity contribution in [2.45, 2.75) is 64.3 Å². The van der Waals surface area contributed by atoms with Crippen LogP contribution >= 0.6 is 0 Å². The summed E-state index contributed by atoms with van der Waals surface area (Å²) >= 11 is 0. The molecule has 4 saturated carbocycles. The van der Waals surface area contributed by atoms with Gasteiger partial charge in [0.2, 0.25) is 0 Å². The molecule has 0 radical (unpaired) electrons. The van der Waals surface area contributed by atoms with E-state index in [1.165, 1.54) is 44.7 Å². The van der Waals surface area contributed by atoms with Crippen LogP contribution in [0, 0.1) is 34.5 Å². The topological polar surface area (TPSA) is 102 Å². The first-order valence-electron chi connectivity index (χ1n) is 9.78. The molecule has 0 saturated heterocycles. The molecule has 4 rings (SSSR count). The third kappa shape index (κ3) is 4.03. The number of amides is 1. The van der Waals surface area contributed by atoms with Crippen molar-refractivity contribution >= 4 is 11.9 Å². The third-order valence-electron chi connectivity index (χ3n) is 6.67. The summed E-state index contributed by atoms with van der Waals surface area (Å²) in [6.45, 7) is 2.52. The number of aliphatic carboxylic acids is 1. The Labute approximate surface area is 155 Å². The van der Waals surface area contributed by atoms with Gasteiger partial charge >= 0.3 is 5.97 Å². The fourth-order valence-corrected chi connectivity index (χ4v) is 5.80. The van der Waals surface area contributed by atoms with E-state index >= 15 is 0 Å². The number of nitrogens with one attached hydrogen (secondary N) is 2. The average Bonchev–Trinajstić information content (AvgIpc) is 2.56. The lowest BCUT2D eigenvalue weighted by atomic mass is 9.48. The molecule has 0 heterocycles. The van der Waals surface area contributed by atoms with E-state index in [-0.39, 0.29) is 29.4 Å². The quantitative estimate of drug-likeness (QED) is 0.351. The second-order valence-corrected chi connectivity index (χ2v) is 8.60. The van der Waals surface area contributed by atoms with Crippen LogP contribution in [0.2, 0.25) is 0 Å². The molecule has 0 aromatic carbocycles. The van der Waals surface area contributed by atoms with Crippen molar-refractivity contribution in [2.75, 3.05) is 6.54 Å². The first kappa shape index (κ1) is 18.8. The van der Waals surface area contributed by atoms with Crippen LogP contribution in [-0.4, -0.2) is 29.6 Å². The molecule has 4 bridgehead atoms. The third-order valence-corrected chi connectivity index (χ3v) is 6.67. The smallest absolute Gasteiger partial charge is 0.303 e. The number of carboxylic acid groups (broad SMARTS) is 1. The lowest BCUT2D eigenvalue weighted by Crippen LogP contribution is -2.56. The van der Waals surface area contributed by atoms with Gasteiger partial charge in [0.25, 0.3) is 5.91 Å². The number of hydrogen-bond donors (Lipinski definition) is 3. The second-order valence-electron chi connectivity index (χ2n) is 8.60. The van der Waals surface area contributed by atoms with Crippen LogP contribution in [0.15, 0.2) is 11.8 Å². The van der Waals surface area contributed by atoms with Crippen LogP contribution in [-0.2, 0) is 9.59 Å². The number of rotatable bonds is 8. The lowest BCUT2D eigenvalue weighted by Gasteiger charge is -2.59. The average molecular weight is 359 g/mol. The predicted molar refractivity (Wildman–Crippen MR) is 96.8 cm³/mol. The molecule has 0 aromatic rings. The van der Waals surface area contributed by atoms with E-state index in [1.807, 2.05) is 6.07 Å². The van der Waals surface area contributed by atoms with E-state index in [2.05, 4.69) is 17.6 Å². The zero-order valence-corrected chi connectivity index (χ0v) is 15.5. The van der Waals surface area contributed by atoms with Gasteiger partial charge in [0.05, 0.1) is 0 Å². The zero-order chi connectivity index (χ0) is 18.7. The Kier molecular flexibility index (Phi) is 5.55. The van der Waals surface area contributed by atoms with Gasteiger partial charge < -0.3 is 15.7 Å². The number of carbonyl (C=O) groups excluding carboxylic acids is 1. The summed E-state index contributed by atoms with van der Waals surface area (Å²) < 4.78 is 0. The van der Waals surface area contributed by atoms with Crippen LogP contribution in [0.1, 0.15) is 58.3 Å². The molecule has 4 aliphatic carbocycles. The molecular weight excluding hydrogens is 330 g/mol. The van der Waals surface area contributed by atoms with Crippen LogP contribution in [0.3, 0.4) is 0 Å². The first-order valence-corrected chi connectivity index (χ1v) is 9.78. The highest BCUT2D eigenvalue weighted by molar-refractivity contribution is 5.97. The van der Waals surface area contributed by atoms with Gasteiger partial charge in [-0.2, -0.15) is 5.26 Å². The van der Waals surface area contributed by atoms with Crippen molar-refractivity contribution < 1.29 is 14.7 Å². The molecule has 1 atom stereocenters. The summed E-state index contributed by atoms with van der Waals surface area (Å²) in [6.07, 6.45) is 9.65. The Morgan fingerprint density at radius 3 is 2.31 bits per heavy atom. The second kappa shape index (κ2) is 7.69. The van der Waals surface area contributed by atoms with Gasteiger partial charge in [-0.15, -0.1) is 0 Å². The van der Waals surface area contributed by atoms with Crippen molar-refractivity contribution in [3.8, 4) is 6.07 Å². The van der Waals surface area contributed by atoms with Crippen molar-refractivity contribution in [1.29, 1.82) is 5.26 Å². The van der Waals surface area contributed by atoms with Crippen molar-refractivity contribution in [3.05, 3.63) is 11.8 Å². The van der Waals surface area contributed by atoms with Crippen LogP contribution in [0.5, 0.6) is 0 Å². The van der Waals surface area contributed by atoms with Gasteiger partial charge in [-0.05, 0) is 75.0 Å². The lowest BCUT2D eigenvalue weighted by molar-refractivity contribution is -0.137. The molecule has 142 valence electrons. The van der Waals surface area contributed by atoms with Crippen LogP contribution in [0.25, 0.3) is 0 Å². The van der Waals surface area contributed by atoms with Gasteiger partial charge in [-0.1, -0.05) is 0 Å². The molecule has 3 N–H and O–H groups in total. The summed E-state index contributed by atoms with van der Waals surface area (Å²) in [7, 11) is 0. The highest BCUT2D eigenvalue weighted by Crippen LogP contribution is 2.61. The van der Waals surface area contributed by atoms with E-state index in [4.69, 9.17) is 5.11 Å². The molecular formula is C20H29N3O3. The Morgan fingerprint density at radius 1 is 1.23 bits per heavy atom. The first-order chi connectivity index (χ1) is 12.4. The number of carbonyl (C=O) groups is 2. The highest BCUT2D eigenvalue weighted by atomic mass is 16.4. The molecule has 4 fully saturated rings. The maximum Gasteiger partial charge on any atom is 0.303 e. The Bertz CT molecular complexity index is 599. The summed E-state index contributed by atoms with van der Waals surface area (Å²) in [5, 5.41) is 23.8. The van der Waals surface area contributed by atoms with Gasteiger partial charge in [0.1, 0.15) is 11.6 Å². The molecule has 6 heteroatoms. The minimum atomic E-state index is -0.849. The Morgan fingerprint density at radius 2 is 1.81 bits per heavy atom. The van der Waals surface area contributed by atoms with Crippen LogP contribution in [0.4, 0.5) is 0 Å². The molecule has 1 amide bonds. The standard InChI is InChI=1S/C20H29N3O3/c1-13(20-8-14-5-15(9-20)7-16(6-14)10-20)23-19(26)17(11-21)12-22-4-2-3-18(24)25/h12-16,22H,2-10H2,1H3,(H,23,26)(H,24,25)/b17-12-. The van der Waals surface area contributed by atoms with E-state index < -0.39 is 5.97 Å². The summed E-state index contributed by atoms with van der Waals surface area (Å²) in [4.78, 5) is 23.0. The summed E-state index contributed by atoms with van der Waals surface area (Å²) in [6, 6.07) is 2.03. The normalized spacial score (nSPS) is 33.4. The minimum Gasteiger partial charge on any atom is -0.481 e. The van der Waals surface area contributed by atoms with E-state index in [9.17, 15) is 14.9 Å². The predicted octanol–water partition coefficient (Wildman–Crippen LogP) is 2.57. The molecule has 0 spiro atoms. The molecule has 1 unspecified atom stereocenters.